The van der Waals surface area contributed by atoms with E-state index in [4.69, 9.17) is 4.74 Å². The number of carbonyl (C=O) groups excluding carboxylic acids is 3. The second-order valence-electron chi connectivity index (χ2n) is 7.61. The first kappa shape index (κ1) is 24.7. The van der Waals surface area contributed by atoms with Crippen molar-refractivity contribution in [2.45, 2.75) is 33.3 Å². The Morgan fingerprint density at radius 3 is 2.19 bits per heavy atom. The molecule has 8 heteroatoms. The van der Waals surface area contributed by atoms with Crippen molar-refractivity contribution >= 4 is 29.2 Å². The van der Waals surface area contributed by atoms with Crippen LogP contribution in [-0.2, 0) is 27.4 Å². The van der Waals surface area contributed by atoms with Gasteiger partial charge in [-0.3, -0.25) is 4.79 Å². The van der Waals surface area contributed by atoms with Crippen molar-refractivity contribution in [3.63, 3.8) is 0 Å². The van der Waals surface area contributed by atoms with E-state index in [9.17, 15) is 14.4 Å². The lowest BCUT2D eigenvalue weighted by atomic mass is 10.1. The van der Waals surface area contributed by atoms with Crippen molar-refractivity contribution in [2.75, 3.05) is 27.2 Å². The Bertz CT molecular complexity index is 957. The molecule has 2 amide bonds. The number of ketones is 1. The van der Waals surface area contributed by atoms with Crippen molar-refractivity contribution in [3.8, 4) is 0 Å². The van der Waals surface area contributed by atoms with Gasteiger partial charge in [0.1, 0.15) is 12.4 Å². The normalized spacial score (nSPS) is 10.8. The largest absolute Gasteiger partial charge is 0.445 e. The average molecular weight is 439 g/mol. The van der Waals surface area contributed by atoms with Gasteiger partial charge >= 0.3 is 6.09 Å². The number of hydrogen-bond donors (Lipinski definition) is 0. The third kappa shape index (κ3) is 8.29. The molecule has 32 heavy (non-hydrogen) atoms. The van der Waals surface area contributed by atoms with Crippen molar-refractivity contribution in [1.29, 1.82) is 0 Å². The van der Waals surface area contributed by atoms with Crippen LogP contribution in [0.1, 0.15) is 31.4 Å². The quantitative estimate of drug-likeness (QED) is 0.504. The van der Waals surface area contributed by atoms with E-state index in [2.05, 4.69) is 10.2 Å². The van der Waals surface area contributed by atoms with Gasteiger partial charge in [0.05, 0.1) is 11.4 Å². The van der Waals surface area contributed by atoms with Crippen LogP contribution in [0, 0.1) is 0 Å². The van der Waals surface area contributed by atoms with Gasteiger partial charge in [0.2, 0.25) is 5.91 Å². The monoisotopic (exact) mass is 438 g/mol. The van der Waals surface area contributed by atoms with Gasteiger partial charge in [0.15, 0.2) is 0 Å². The van der Waals surface area contributed by atoms with Gasteiger partial charge in [-0.05, 0) is 42.7 Å². The van der Waals surface area contributed by atoms with Crippen LogP contribution in [-0.4, -0.2) is 54.8 Å². The molecule has 0 aliphatic carbocycles. The van der Waals surface area contributed by atoms with Crippen LogP contribution >= 0.6 is 0 Å². The Labute approximate surface area is 188 Å². The van der Waals surface area contributed by atoms with Crippen molar-refractivity contribution in [3.05, 3.63) is 59.7 Å². The molecule has 0 aromatic heterocycles. The average Bonchev–Trinajstić information content (AvgIpc) is 2.78. The van der Waals surface area contributed by atoms with Crippen LogP contribution < -0.4 is 0 Å². The minimum atomic E-state index is -0.451. The van der Waals surface area contributed by atoms with E-state index >= 15 is 0 Å². The molecule has 0 N–H and O–H groups in total. The highest BCUT2D eigenvalue weighted by Gasteiger charge is 2.12. The highest BCUT2D eigenvalue weighted by molar-refractivity contribution is 5.76. The molecule has 0 radical (unpaired) electrons. The van der Waals surface area contributed by atoms with Crippen LogP contribution in [0.3, 0.4) is 0 Å². The van der Waals surface area contributed by atoms with Crippen LogP contribution in [0.2, 0.25) is 0 Å². The number of carbonyl (C=O) groups is 3. The molecule has 0 bridgehead atoms. The Kier molecular flexibility index (Phi) is 9.53. The van der Waals surface area contributed by atoms with E-state index in [0.717, 1.165) is 16.8 Å². The SMILES string of the molecule is CC(=O)CCc1ccccc1N=Nc1ccc(COC(=O)N(C)CCN(C)C(C)=O)cc1. The minimum absolute atomic E-state index is 0.0523. The molecule has 0 saturated heterocycles. The summed E-state index contributed by atoms with van der Waals surface area (Å²) in [5.41, 5.74) is 3.22. The maximum Gasteiger partial charge on any atom is 0.409 e. The van der Waals surface area contributed by atoms with E-state index in [0.29, 0.717) is 31.6 Å². The molecule has 0 spiro atoms. The molecule has 8 nitrogen and oxygen atoms in total. The number of amides is 2. The molecule has 0 aliphatic rings. The molecule has 0 atom stereocenters. The minimum Gasteiger partial charge on any atom is -0.445 e. The summed E-state index contributed by atoms with van der Waals surface area (Å²) in [7, 11) is 3.32. The molecule has 2 aromatic carbocycles. The topological polar surface area (TPSA) is 91.6 Å². The number of azo groups is 1. The van der Waals surface area contributed by atoms with Gasteiger partial charge in [-0.25, -0.2) is 4.79 Å². The summed E-state index contributed by atoms with van der Waals surface area (Å²) < 4.78 is 5.32. The summed E-state index contributed by atoms with van der Waals surface area (Å²) in [6.45, 7) is 4.03. The molecule has 2 rings (SSSR count). The van der Waals surface area contributed by atoms with Gasteiger partial charge in [0.25, 0.3) is 0 Å². The van der Waals surface area contributed by atoms with Gasteiger partial charge in [0, 0.05) is 40.5 Å². The molecule has 0 fully saturated rings. The lowest BCUT2D eigenvalue weighted by Crippen LogP contribution is -2.36. The fourth-order valence-electron chi connectivity index (χ4n) is 2.70. The molecule has 0 saturated carbocycles. The molecular weight excluding hydrogens is 408 g/mol. The molecule has 0 aliphatic heterocycles. The predicted molar refractivity (Wildman–Crippen MR) is 122 cm³/mol. The highest BCUT2D eigenvalue weighted by atomic mass is 16.6. The molecule has 2 aromatic rings. The first-order valence-corrected chi connectivity index (χ1v) is 10.4. The van der Waals surface area contributed by atoms with Gasteiger partial charge in [-0.15, -0.1) is 0 Å². The number of benzene rings is 2. The van der Waals surface area contributed by atoms with Gasteiger partial charge in [-0.2, -0.15) is 10.2 Å². The van der Waals surface area contributed by atoms with Gasteiger partial charge in [-0.1, -0.05) is 30.3 Å². The number of nitrogens with zero attached hydrogens (tertiary/aromatic N) is 4. The Morgan fingerprint density at radius 1 is 0.875 bits per heavy atom. The van der Waals surface area contributed by atoms with E-state index in [1.54, 1.807) is 38.1 Å². The highest BCUT2D eigenvalue weighted by Crippen LogP contribution is 2.24. The number of rotatable bonds is 10. The van der Waals surface area contributed by atoms with Crippen LogP contribution in [0.5, 0.6) is 0 Å². The summed E-state index contributed by atoms with van der Waals surface area (Å²) in [4.78, 5) is 37.6. The van der Waals surface area contributed by atoms with E-state index < -0.39 is 6.09 Å². The number of likely N-dealkylation sites (N-methyl/N-ethyl adjacent to an activating group) is 2. The maximum absolute atomic E-state index is 12.1. The first-order chi connectivity index (χ1) is 15.3. The molecule has 0 unspecified atom stereocenters. The predicted octanol–water partition coefficient (Wildman–Crippen LogP) is 4.67. The molecule has 170 valence electrons. The summed E-state index contributed by atoms with van der Waals surface area (Å²) in [5, 5.41) is 8.60. The Balaban J connectivity index is 1.88. The summed E-state index contributed by atoms with van der Waals surface area (Å²) in [6.07, 6.45) is 0.657. The second kappa shape index (κ2) is 12.3. The molecular formula is C24H30N4O4. The number of ether oxygens (including phenoxy) is 1. The summed E-state index contributed by atoms with van der Waals surface area (Å²) in [5.74, 6) is 0.0891. The maximum atomic E-state index is 12.1. The lowest BCUT2D eigenvalue weighted by Gasteiger charge is -2.21. The number of hydrogen-bond acceptors (Lipinski definition) is 6. The van der Waals surface area contributed by atoms with Crippen molar-refractivity contribution < 1.29 is 19.1 Å². The zero-order chi connectivity index (χ0) is 23.5. The standard InChI is InChI=1S/C24H30N4O4/c1-18(29)9-12-21-7-5-6-8-23(21)26-25-22-13-10-20(11-14-22)17-32-24(31)28(4)16-15-27(3)19(2)30/h5-8,10-11,13-14H,9,12,15-17H2,1-4H3. The zero-order valence-electron chi connectivity index (χ0n) is 19.1. The lowest BCUT2D eigenvalue weighted by molar-refractivity contribution is -0.127. The fraction of sp³-hybridized carbons (Fsp3) is 0.375. The third-order valence-corrected chi connectivity index (χ3v) is 4.93. The van der Waals surface area contributed by atoms with Crippen LogP contribution in [0.25, 0.3) is 0 Å². The Morgan fingerprint density at radius 2 is 1.53 bits per heavy atom. The number of Topliss-reactive ketones (excluding diaryl/α,β-unsaturated/α-hetero) is 1. The fourth-order valence-corrected chi connectivity index (χ4v) is 2.70. The van der Waals surface area contributed by atoms with Crippen molar-refractivity contribution in [1.82, 2.24) is 9.80 Å². The van der Waals surface area contributed by atoms with Crippen LogP contribution in [0.4, 0.5) is 16.2 Å². The van der Waals surface area contributed by atoms with E-state index in [-0.39, 0.29) is 18.3 Å². The smallest absolute Gasteiger partial charge is 0.409 e. The first-order valence-electron chi connectivity index (χ1n) is 10.4. The van der Waals surface area contributed by atoms with E-state index in [1.807, 2.05) is 36.4 Å². The number of aryl methyl sites for hydroxylation is 1. The summed E-state index contributed by atoms with van der Waals surface area (Å²) >= 11 is 0. The Hall–Kier alpha value is -3.55. The van der Waals surface area contributed by atoms with Gasteiger partial charge < -0.3 is 19.3 Å². The second-order valence-corrected chi connectivity index (χ2v) is 7.61. The van der Waals surface area contributed by atoms with Crippen molar-refractivity contribution in [2.24, 2.45) is 10.2 Å². The van der Waals surface area contributed by atoms with Crippen LogP contribution in [0.15, 0.2) is 58.8 Å². The third-order valence-electron chi connectivity index (χ3n) is 4.93. The molecule has 0 heterocycles. The summed E-state index contributed by atoms with van der Waals surface area (Å²) in [6, 6.07) is 14.9. The van der Waals surface area contributed by atoms with E-state index in [1.165, 1.54) is 11.8 Å². The zero-order valence-corrected chi connectivity index (χ0v) is 19.1.